The maximum atomic E-state index is 12.3. The zero-order valence-electron chi connectivity index (χ0n) is 12.5. The van der Waals surface area contributed by atoms with E-state index in [2.05, 4.69) is 20.6 Å². The second kappa shape index (κ2) is 7.16. The molecule has 0 unspecified atom stereocenters. The van der Waals surface area contributed by atoms with Crippen molar-refractivity contribution in [3.8, 4) is 0 Å². The van der Waals surface area contributed by atoms with E-state index in [1.165, 1.54) is 17.5 Å². The number of aliphatic hydroxyl groups excluding tert-OH is 1. The molecule has 1 aromatic carbocycles. The first kappa shape index (κ1) is 16.0. The Morgan fingerprint density at radius 3 is 2.83 bits per heavy atom. The van der Waals surface area contributed by atoms with E-state index in [-0.39, 0.29) is 0 Å². The summed E-state index contributed by atoms with van der Waals surface area (Å²) in [5.74, 6) is -1.02. The van der Waals surface area contributed by atoms with Crippen molar-refractivity contribution in [1.29, 1.82) is 0 Å². The van der Waals surface area contributed by atoms with E-state index in [4.69, 9.17) is 0 Å². The number of rotatable bonds is 5. The topological polar surface area (TPSA) is 104 Å². The van der Waals surface area contributed by atoms with Crippen molar-refractivity contribution < 1.29 is 14.7 Å². The number of fused-ring (bicyclic) bond motifs is 1. The molecule has 0 spiro atoms. The quantitative estimate of drug-likeness (QED) is 0.650. The summed E-state index contributed by atoms with van der Waals surface area (Å²) < 4.78 is 0. The summed E-state index contributed by atoms with van der Waals surface area (Å²) in [7, 11) is 0. The van der Waals surface area contributed by atoms with Crippen LogP contribution < -0.4 is 10.6 Å². The molecule has 3 N–H and O–H groups in total. The number of pyridine rings is 1. The van der Waals surface area contributed by atoms with Gasteiger partial charge in [0, 0.05) is 23.2 Å². The van der Waals surface area contributed by atoms with Crippen LogP contribution in [-0.2, 0) is 4.79 Å². The van der Waals surface area contributed by atoms with E-state index in [1.807, 2.05) is 24.3 Å². The number of thiazole rings is 1. The Kier molecular flexibility index (Phi) is 4.78. The molecule has 0 bridgehead atoms. The highest BCUT2D eigenvalue weighted by Crippen LogP contribution is 2.13. The third kappa shape index (κ3) is 3.55. The number of hydrogen-bond acceptors (Lipinski definition) is 6. The summed E-state index contributed by atoms with van der Waals surface area (Å²) in [6.45, 7) is -0.524. The predicted octanol–water partition coefficient (Wildman–Crippen LogP) is 1.42. The standard InChI is InChI=1S/C16H14N4O3S/c21-9-13(15(23)20-16-17-5-6-24-16)19-14(22)11-7-10-3-1-2-4-12(10)18-8-11/h1-8,13,21H,9H2,(H,19,22)(H,17,20,23)/t13-/m0/s1. The Bertz CT molecular complexity index is 867. The number of carbonyl (C=O) groups is 2. The third-order valence-electron chi connectivity index (χ3n) is 3.32. The van der Waals surface area contributed by atoms with Crippen molar-refractivity contribution in [1.82, 2.24) is 15.3 Å². The van der Waals surface area contributed by atoms with Gasteiger partial charge in [-0.25, -0.2) is 4.98 Å². The van der Waals surface area contributed by atoms with Gasteiger partial charge in [-0.1, -0.05) is 18.2 Å². The van der Waals surface area contributed by atoms with Crippen LogP contribution in [0, 0.1) is 0 Å². The van der Waals surface area contributed by atoms with Gasteiger partial charge in [-0.3, -0.25) is 14.6 Å². The molecule has 2 amide bonds. The van der Waals surface area contributed by atoms with Crippen molar-refractivity contribution in [2.24, 2.45) is 0 Å². The molecule has 1 atom stereocenters. The third-order valence-corrected chi connectivity index (χ3v) is 4.01. The summed E-state index contributed by atoms with van der Waals surface area (Å²) in [6.07, 6.45) is 2.98. The molecule has 0 aliphatic carbocycles. The molecule has 2 aromatic heterocycles. The number of amides is 2. The molecule has 7 nitrogen and oxygen atoms in total. The number of aromatic nitrogens is 2. The number of aliphatic hydroxyl groups is 1. The van der Waals surface area contributed by atoms with Gasteiger partial charge in [0.2, 0.25) is 0 Å². The molecular formula is C16H14N4O3S. The van der Waals surface area contributed by atoms with Crippen LogP contribution in [0.2, 0.25) is 0 Å². The molecule has 0 saturated heterocycles. The van der Waals surface area contributed by atoms with Crippen LogP contribution in [0.5, 0.6) is 0 Å². The van der Waals surface area contributed by atoms with Gasteiger partial charge in [0.1, 0.15) is 6.04 Å². The Hall–Kier alpha value is -2.84. The molecule has 24 heavy (non-hydrogen) atoms. The lowest BCUT2D eigenvalue weighted by Crippen LogP contribution is -2.46. The minimum absolute atomic E-state index is 0.314. The summed E-state index contributed by atoms with van der Waals surface area (Å²) in [5, 5.41) is 17.3. The number of hydrogen-bond donors (Lipinski definition) is 3. The number of carbonyl (C=O) groups excluding carboxylic acids is 2. The second-order valence-electron chi connectivity index (χ2n) is 4.95. The van der Waals surface area contributed by atoms with Crippen LogP contribution in [0.1, 0.15) is 10.4 Å². The number of nitrogens with one attached hydrogen (secondary N) is 2. The highest BCUT2D eigenvalue weighted by molar-refractivity contribution is 7.13. The van der Waals surface area contributed by atoms with Gasteiger partial charge >= 0.3 is 0 Å². The number of para-hydroxylation sites is 1. The van der Waals surface area contributed by atoms with Crippen molar-refractivity contribution in [2.45, 2.75) is 6.04 Å². The molecule has 0 radical (unpaired) electrons. The van der Waals surface area contributed by atoms with E-state index in [1.54, 1.807) is 17.6 Å². The maximum absolute atomic E-state index is 12.3. The summed E-state index contributed by atoms with van der Waals surface area (Å²) in [6, 6.07) is 8.01. The molecule has 8 heteroatoms. The van der Waals surface area contributed by atoms with Crippen LogP contribution in [0.3, 0.4) is 0 Å². The summed E-state index contributed by atoms with van der Waals surface area (Å²) in [4.78, 5) is 32.5. The SMILES string of the molecule is O=C(N[C@@H](CO)C(=O)Nc1nccs1)c1cnc2ccccc2c1. The highest BCUT2D eigenvalue weighted by atomic mass is 32.1. The summed E-state index contributed by atoms with van der Waals surface area (Å²) in [5.41, 5.74) is 1.09. The monoisotopic (exact) mass is 342 g/mol. The average Bonchev–Trinajstić information content (AvgIpc) is 3.11. The van der Waals surface area contributed by atoms with E-state index in [0.717, 1.165) is 10.9 Å². The molecule has 0 aliphatic heterocycles. The van der Waals surface area contributed by atoms with Gasteiger partial charge in [0.05, 0.1) is 17.7 Å². The number of nitrogens with zero attached hydrogens (tertiary/aromatic N) is 2. The fourth-order valence-corrected chi connectivity index (χ4v) is 2.64. The van der Waals surface area contributed by atoms with Gasteiger partial charge in [0.15, 0.2) is 5.13 Å². The molecule has 3 aromatic rings. The molecule has 2 heterocycles. The van der Waals surface area contributed by atoms with E-state index in [0.29, 0.717) is 10.7 Å². The van der Waals surface area contributed by atoms with Gasteiger partial charge in [-0.2, -0.15) is 0 Å². The van der Waals surface area contributed by atoms with Crippen molar-refractivity contribution in [3.63, 3.8) is 0 Å². The lowest BCUT2D eigenvalue weighted by atomic mass is 10.1. The fourth-order valence-electron chi connectivity index (χ4n) is 2.11. The summed E-state index contributed by atoms with van der Waals surface area (Å²) >= 11 is 1.25. The van der Waals surface area contributed by atoms with Crippen LogP contribution in [0.4, 0.5) is 5.13 Å². The Morgan fingerprint density at radius 2 is 2.08 bits per heavy atom. The Balaban J connectivity index is 1.72. The van der Waals surface area contributed by atoms with Gasteiger partial charge < -0.3 is 15.7 Å². The average molecular weight is 342 g/mol. The van der Waals surface area contributed by atoms with E-state index < -0.39 is 24.5 Å². The second-order valence-corrected chi connectivity index (χ2v) is 5.85. The molecule has 0 saturated carbocycles. The predicted molar refractivity (Wildman–Crippen MR) is 90.8 cm³/mol. The minimum Gasteiger partial charge on any atom is -0.394 e. The Labute approximate surface area is 141 Å². The first-order valence-electron chi connectivity index (χ1n) is 7.14. The largest absolute Gasteiger partial charge is 0.394 e. The molecular weight excluding hydrogens is 328 g/mol. The van der Waals surface area contributed by atoms with Gasteiger partial charge in [-0.15, -0.1) is 11.3 Å². The lowest BCUT2D eigenvalue weighted by Gasteiger charge is -2.15. The van der Waals surface area contributed by atoms with Crippen LogP contribution in [0.15, 0.2) is 48.1 Å². The minimum atomic E-state index is -1.08. The van der Waals surface area contributed by atoms with Gasteiger partial charge in [-0.05, 0) is 12.1 Å². The Morgan fingerprint density at radius 1 is 1.25 bits per heavy atom. The molecule has 0 aliphatic rings. The first-order chi connectivity index (χ1) is 11.7. The zero-order chi connectivity index (χ0) is 16.9. The highest BCUT2D eigenvalue weighted by Gasteiger charge is 2.21. The van der Waals surface area contributed by atoms with E-state index in [9.17, 15) is 14.7 Å². The van der Waals surface area contributed by atoms with Crippen molar-refractivity contribution in [3.05, 3.63) is 53.7 Å². The number of benzene rings is 1. The molecule has 122 valence electrons. The van der Waals surface area contributed by atoms with Crippen LogP contribution >= 0.6 is 11.3 Å². The lowest BCUT2D eigenvalue weighted by molar-refractivity contribution is -0.118. The van der Waals surface area contributed by atoms with Crippen molar-refractivity contribution in [2.75, 3.05) is 11.9 Å². The zero-order valence-corrected chi connectivity index (χ0v) is 13.3. The maximum Gasteiger partial charge on any atom is 0.253 e. The fraction of sp³-hybridized carbons (Fsp3) is 0.125. The smallest absolute Gasteiger partial charge is 0.253 e. The van der Waals surface area contributed by atoms with Crippen molar-refractivity contribution >= 4 is 39.2 Å². The molecule has 3 rings (SSSR count). The van der Waals surface area contributed by atoms with Gasteiger partial charge in [0.25, 0.3) is 11.8 Å². The normalized spacial score (nSPS) is 11.9. The van der Waals surface area contributed by atoms with Crippen LogP contribution in [0.25, 0.3) is 10.9 Å². The number of anilines is 1. The van der Waals surface area contributed by atoms with Crippen LogP contribution in [-0.4, -0.2) is 39.5 Å². The molecule has 0 fully saturated rings. The first-order valence-corrected chi connectivity index (χ1v) is 8.02. The van der Waals surface area contributed by atoms with E-state index >= 15 is 0 Å².